The summed E-state index contributed by atoms with van der Waals surface area (Å²) in [5.74, 6) is -0.812. The summed E-state index contributed by atoms with van der Waals surface area (Å²) in [6.07, 6.45) is -5.24. The normalized spacial score (nSPS) is 17.1. The van der Waals surface area contributed by atoms with E-state index >= 15 is 0 Å². The van der Waals surface area contributed by atoms with Crippen molar-refractivity contribution in [1.29, 1.82) is 0 Å². The number of para-hydroxylation sites is 1. The SMILES string of the molecule is CC(C)CN1CCOC(Cn2c(=O)cc(C(=O)NCc3ccccc3OC(F)(F)F)[nH]c2=O)C1. The average molecular weight is 484 g/mol. The summed E-state index contributed by atoms with van der Waals surface area (Å²) in [5.41, 5.74) is -1.68. The van der Waals surface area contributed by atoms with Crippen molar-refractivity contribution in [3.05, 3.63) is 62.4 Å². The van der Waals surface area contributed by atoms with Crippen molar-refractivity contribution in [2.24, 2.45) is 5.92 Å². The van der Waals surface area contributed by atoms with Gasteiger partial charge in [0.05, 0.1) is 19.3 Å². The maximum absolute atomic E-state index is 12.6. The summed E-state index contributed by atoms with van der Waals surface area (Å²) in [6, 6.07) is 6.30. The van der Waals surface area contributed by atoms with Gasteiger partial charge in [0.25, 0.3) is 11.5 Å². The van der Waals surface area contributed by atoms with Crippen LogP contribution in [0.4, 0.5) is 13.2 Å². The highest BCUT2D eigenvalue weighted by Gasteiger charge is 2.32. The van der Waals surface area contributed by atoms with Crippen molar-refractivity contribution in [3.8, 4) is 5.75 Å². The molecule has 186 valence electrons. The molecule has 0 saturated carbocycles. The first kappa shape index (κ1) is 25.5. The molecule has 34 heavy (non-hydrogen) atoms. The smallest absolute Gasteiger partial charge is 0.405 e. The van der Waals surface area contributed by atoms with Gasteiger partial charge in [-0.25, -0.2) is 4.79 Å². The molecule has 2 heterocycles. The van der Waals surface area contributed by atoms with Crippen molar-refractivity contribution < 1.29 is 27.4 Å². The molecule has 2 N–H and O–H groups in total. The van der Waals surface area contributed by atoms with E-state index in [-0.39, 0.29) is 30.5 Å². The molecule has 1 aliphatic heterocycles. The lowest BCUT2D eigenvalue weighted by atomic mass is 10.2. The quantitative estimate of drug-likeness (QED) is 0.591. The van der Waals surface area contributed by atoms with Crippen LogP contribution < -0.4 is 21.3 Å². The number of aromatic amines is 1. The number of hydrogen-bond donors (Lipinski definition) is 2. The number of alkyl halides is 3. The van der Waals surface area contributed by atoms with Crippen molar-refractivity contribution in [2.75, 3.05) is 26.2 Å². The number of nitrogens with zero attached hydrogens (tertiary/aromatic N) is 2. The van der Waals surface area contributed by atoms with Crippen LogP contribution in [0.5, 0.6) is 5.75 Å². The lowest BCUT2D eigenvalue weighted by Crippen LogP contribution is -2.48. The van der Waals surface area contributed by atoms with Gasteiger partial charge in [0, 0.05) is 37.8 Å². The van der Waals surface area contributed by atoms with E-state index in [0.717, 1.165) is 29.8 Å². The van der Waals surface area contributed by atoms with E-state index < -0.39 is 29.3 Å². The number of amides is 1. The fourth-order valence-corrected chi connectivity index (χ4v) is 3.74. The van der Waals surface area contributed by atoms with E-state index in [2.05, 4.69) is 33.8 Å². The van der Waals surface area contributed by atoms with Crippen LogP contribution >= 0.6 is 0 Å². The lowest BCUT2D eigenvalue weighted by molar-refractivity contribution is -0.274. The van der Waals surface area contributed by atoms with Gasteiger partial charge >= 0.3 is 12.1 Å². The molecule has 0 aliphatic carbocycles. The summed E-state index contributed by atoms with van der Waals surface area (Å²) >= 11 is 0. The number of aromatic nitrogens is 2. The third kappa shape index (κ3) is 7.19. The second-order valence-electron chi connectivity index (χ2n) is 8.42. The zero-order valence-electron chi connectivity index (χ0n) is 18.9. The second-order valence-corrected chi connectivity index (χ2v) is 8.42. The molecule has 1 fully saturated rings. The minimum atomic E-state index is -4.89. The van der Waals surface area contributed by atoms with Gasteiger partial charge < -0.3 is 19.8 Å². The molecular formula is C22H27F3N4O5. The number of morpholine rings is 1. The number of ether oxygens (including phenoxy) is 2. The number of benzene rings is 1. The van der Waals surface area contributed by atoms with E-state index in [1.165, 1.54) is 18.2 Å². The standard InChI is InChI=1S/C22H27F3N4O5/c1-14(2)11-28-7-8-33-16(12-28)13-29-19(30)9-17(27-21(29)32)20(31)26-10-15-5-3-4-6-18(15)34-22(23,24)25/h3-6,9,14,16H,7-8,10-13H2,1-2H3,(H,26,31)(H,27,32). The zero-order valence-corrected chi connectivity index (χ0v) is 18.9. The molecule has 1 unspecified atom stereocenters. The van der Waals surface area contributed by atoms with Crippen LogP contribution in [-0.4, -0.2) is 59.1 Å². The fraction of sp³-hybridized carbons (Fsp3) is 0.500. The van der Waals surface area contributed by atoms with Crippen molar-refractivity contribution in [3.63, 3.8) is 0 Å². The van der Waals surface area contributed by atoms with E-state index in [1.807, 2.05) is 0 Å². The molecule has 0 bridgehead atoms. The topological polar surface area (TPSA) is 106 Å². The van der Waals surface area contributed by atoms with Crippen LogP contribution in [0.2, 0.25) is 0 Å². The Balaban J connectivity index is 1.66. The number of H-pyrrole nitrogens is 1. The Morgan fingerprint density at radius 2 is 2.03 bits per heavy atom. The van der Waals surface area contributed by atoms with Gasteiger partial charge in [-0.3, -0.25) is 19.1 Å². The Morgan fingerprint density at radius 1 is 1.29 bits per heavy atom. The molecule has 0 spiro atoms. The molecule has 9 nitrogen and oxygen atoms in total. The third-order valence-electron chi connectivity index (χ3n) is 5.14. The summed E-state index contributed by atoms with van der Waals surface area (Å²) < 4.78 is 48.3. The summed E-state index contributed by atoms with van der Waals surface area (Å²) in [4.78, 5) is 42.0. The first-order chi connectivity index (χ1) is 16.0. The molecule has 1 atom stereocenters. The van der Waals surface area contributed by atoms with Crippen molar-refractivity contribution in [1.82, 2.24) is 19.8 Å². The number of rotatable bonds is 8. The minimum Gasteiger partial charge on any atom is -0.405 e. The van der Waals surface area contributed by atoms with Crippen LogP contribution in [-0.2, 0) is 17.8 Å². The summed E-state index contributed by atoms with van der Waals surface area (Å²) in [5, 5.41) is 2.38. The molecule has 1 amide bonds. The molecular weight excluding hydrogens is 457 g/mol. The van der Waals surface area contributed by atoms with Gasteiger partial charge in [-0.15, -0.1) is 13.2 Å². The summed E-state index contributed by atoms with van der Waals surface area (Å²) in [7, 11) is 0. The molecule has 1 saturated heterocycles. The Hall–Kier alpha value is -3.12. The highest BCUT2D eigenvalue weighted by Crippen LogP contribution is 2.26. The number of carbonyl (C=O) groups excluding carboxylic acids is 1. The monoisotopic (exact) mass is 484 g/mol. The maximum atomic E-state index is 12.6. The largest absolute Gasteiger partial charge is 0.573 e. The van der Waals surface area contributed by atoms with Gasteiger partial charge in [0.15, 0.2) is 0 Å². The third-order valence-corrected chi connectivity index (χ3v) is 5.14. The van der Waals surface area contributed by atoms with Gasteiger partial charge in [-0.1, -0.05) is 32.0 Å². The minimum absolute atomic E-state index is 0.0345. The van der Waals surface area contributed by atoms with Gasteiger partial charge in [-0.2, -0.15) is 0 Å². The highest BCUT2D eigenvalue weighted by atomic mass is 19.4. The Labute approximate surface area is 193 Å². The maximum Gasteiger partial charge on any atom is 0.573 e. The molecule has 12 heteroatoms. The van der Waals surface area contributed by atoms with Crippen LogP contribution in [0.25, 0.3) is 0 Å². The van der Waals surface area contributed by atoms with Crippen molar-refractivity contribution in [2.45, 2.75) is 39.4 Å². The van der Waals surface area contributed by atoms with Crippen LogP contribution in [0.15, 0.2) is 39.9 Å². The van der Waals surface area contributed by atoms with Crippen LogP contribution in [0, 0.1) is 5.92 Å². The van der Waals surface area contributed by atoms with Crippen LogP contribution in [0.3, 0.4) is 0 Å². The van der Waals surface area contributed by atoms with Gasteiger partial charge in [0.1, 0.15) is 11.4 Å². The first-order valence-electron chi connectivity index (χ1n) is 10.8. The van der Waals surface area contributed by atoms with Crippen LogP contribution in [0.1, 0.15) is 29.9 Å². The zero-order chi connectivity index (χ0) is 24.9. The number of hydrogen-bond acceptors (Lipinski definition) is 6. The predicted octanol–water partition coefficient (Wildman–Crippen LogP) is 1.72. The van der Waals surface area contributed by atoms with E-state index in [4.69, 9.17) is 4.74 Å². The Morgan fingerprint density at radius 3 is 2.71 bits per heavy atom. The molecule has 2 aromatic rings. The van der Waals surface area contributed by atoms with Crippen molar-refractivity contribution >= 4 is 5.91 Å². The van der Waals surface area contributed by atoms with E-state index in [9.17, 15) is 27.6 Å². The highest BCUT2D eigenvalue weighted by molar-refractivity contribution is 5.92. The molecule has 1 aromatic heterocycles. The lowest BCUT2D eigenvalue weighted by Gasteiger charge is -2.33. The first-order valence-corrected chi connectivity index (χ1v) is 10.8. The number of carbonyl (C=O) groups is 1. The Kier molecular flexibility index (Phi) is 8.15. The molecule has 0 radical (unpaired) electrons. The number of nitrogens with one attached hydrogen (secondary N) is 2. The van der Waals surface area contributed by atoms with Gasteiger partial charge in [-0.05, 0) is 12.0 Å². The Bertz CT molecular complexity index is 1080. The van der Waals surface area contributed by atoms with E-state index in [0.29, 0.717) is 19.1 Å². The van der Waals surface area contributed by atoms with Gasteiger partial charge in [0.2, 0.25) is 0 Å². The predicted molar refractivity (Wildman–Crippen MR) is 117 cm³/mol. The molecule has 3 rings (SSSR count). The average Bonchev–Trinajstić information content (AvgIpc) is 2.74. The second kappa shape index (κ2) is 10.9. The fourth-order valence-electron chi connectivity index (χ4n) is 3.74. The molecule has 1 aromatic carbocycles. The summed E-state index contributed by atoms with van der Waals surface area (Å²) in [6.45, 7) is 6.65. The van der Waals surface area contributed by atoms with E-state index in [1.54, 1.807) is 0 Å². The number of halogens is 3. The molecule has 1 aliphatic rings.